The van der Waals surface area contributed by atoms with Crippen LogP contribution >= 0.6 is 11.8 Å². The average molecular weight is 334 g/mol. The predicted octanol–water partition coefficient (Wildman–Crippen LogP) is 2.99. The van der Waals surface area contributed by atoms with E-state index in [4.69, 9.17) is 5.73 Å². The van der Waals surface area contributed by atoms with Gasteiger partial charge in [-0.05, 0) is 25.5 Å². The zero-order valence-corrected chi connectivity index (χ0v) is 14.7. The Kier molecular flexibility index (Phi) is 6.92. The van der Waals surface area contributed by atoms with Gasteiger partial charge in [0.15, 0.2) is 0 Å². The zero-order valence-electron chi connectivity index (χ0n) is 13.8. The molecule has 2 aromatic rings. The first-order valence-corrected chi connectivity index (χ1v) is 9.24. The lowest BCUT2D eigenvalue weighted by Crippen LogP contribution is -2.41. The number of rotatable bonds is 9. The van der Waals surface area contributed by atoms with Gasteiger partial charge < -0.3 is 16.0 Å². The number of aromatic nitrogens is 2. The minimum Gasteiger partial charge on any atom is -0.351 e. The van der Waals surface area contributed by atoms with E-state index in [-0.39, 0.29) is 17.2 Å². The van der Waals surface area contributed by atoms with Gasteiger partial charge >= 0.3 is 0 Å². The van der Waals surface area contributed by atoms with Crippen LogP contribution in [0.25, 0.3) is 11.0 Å². The average Bonchev–Trinajstić information content (AvgIpc) is 3.00. The zero-order chi connectivity index (χ0) is 16.7. The Morgan fingerprint density at radius 1 is 1.43 bits per heavy atom. The van der Waals surface area contributed by atoms with Crippen molar-refractivity contribution in [1.82, 2.24) is 15.3 Å². The molecule has 2 unspecified atom stereocenters. The topological polar surface area (TPSA) is 83.8 Å². The molecule has 0 aliphatic heterocycles. The number of thioether (sulfide) groups is 1. The lowest BCUT2D eigenvalue weighted by Gasteiger charge is -2.17. The van der Waals surface area contributed by atoms with Crippen LogP contribution in [-0.4, -0.2) is 34.2 Å². The first-order valence-electron chi connectivity index (χ1n) is 8.19. The van der Waals surface area contributed by atoms with E-state index >= 15 is 0 Å². The van der Waals surface area contributed by atoms with Crippen molar-refractivity contribution in [2.75, 3.05) is 12.3 Å². The summed E-state index contributed by atoms with van der Waals surface area (Å²) < 4.78 is 0. The van der Waals surface area contributed by atoms with Crippen molar-refractivity contribution >= 4 is 28.7 Å². The number of aromatic amines is 1. The second-order valence-corrected chi connectivity index (χ2v) is 7.06. The normalized spacial score (nSPS) is 13.9. The predicted molar refractivity (Wildman–Crippen MR) is 97.5 cm³/mol. The summed E-state index contributed by atoms with van der Waals surface area (Å²) in [7, 11) is 0. The van der Waals surface area contributed by atoms with E-state index in [1.54, 1.807) is 11.8 Å². The van der Waals surface area contributed by atoms with E-state index in [9.17, 15) is 4.79 Å². The van der Waals surface area contributed by atoms with Crippen LogP contribution < -0.4 is 11.1 Å². The summed E-state index contributed by atoms with van der Waals surface area (Å²) in [5.41, 5.74) is 7.71. The lowest BCUT2D eigenvalue weighted by molar-refractivity contribution is -0.119. The van der Waals surface area contributed by atoms with Gasteiger partial charge in [-0.25, -0.2) is 4.98 Å². The van der Waals surface area contributed by atoms with Crippen LogP contribution in [0.3, 0.4) is 0 Å². The third-order valence-corrected chi connectivity index (χ3v) is 4.97. The SMILES string of the molecule is CCCCC(CN)NC(=O)CSC(C)c1nc2ccccc2[nH]1. The Balaban J connectivity index is 1.83. The van der Waals surface area contributed by atoms with Crippen LogP contribution in [0.15, 0.2) is 24.3 Å². The number of imidazole rings is 1. The van der Waals surface area contributed by atoms with E-state index in [0.29, 0.717) is 12.3 Å². The second-order valence-electron chi connectivity index (χ2n) is 5.73. The highest BCUT2D eigenvalue weighted by atomic mass is 32.2. The van der Waals surface area contributed by atoms with Gasteiger partial charge in [-0.2, -0.15) is 0 Å². The molecule has 23 heavy (non-hydrogen) atoms. The molecular weight excluding hydrogens is 308 g/mol. The minimum absolute atomic E-state index is 0.0458. The molecule has 1 aromatic heterocycles. The fourth-order valence-corrected chi connectivity index (χ4v) is 3.17. The van der Waals surface area contributed by atoms with Crippen molar-refractivity contribution in [2.45, 2.75) is 44.4 Å². The summed E-state index contributed by atoms with van der Waals surface area (Å²) in [6, 6.07) is 8.04. The number of H-pyrrole nitrogens is 1. The Morgan fingerprint density at radius 3 is 2.91 bits per heavy atom. The summed E-state index contributed by atoms with van der Waals surface area (Å²) in [6.07, 6.45) is 3.15. The van der Waals surface area contributed by atoms with Crippen molar-refractivity contribution in [3.63, 3.8) is 0 Å². The number of para-hydroxylation sites is 2. The smallest absolute Gasteiger partial charge is 0.230 e. The molecule has 0 spiro atoms. The molecule has 0 aliphatic carbocycles. The number of unbranched alkanes of at least 4 members (excludes halogenated alkanes) is 1. The molecule has 2 rings (SSSR count). The molecule has 1 heterocycles. The fourth-order valence-electron chi connectivity index (χ4n) is 2.41. The molecule has 4 N–H and O–H groups in total. The number of carbonyl (C=O) groups is 1. The van der Waals surface area contributed by atoms with E-state index < -0.39 is 0 Å². The van der Waals surface area contributed by atoms with E-state index in [1.165, 1.54) is 0 Å². The molecule has 0 aliphatic rings. The van der Waals surface area contributed by atoms with Gasteiger partial charge in [0.1, 0.15) is 5.82 Å². The van der Waals surface area contributed by atoms with Crippen LogP contribution in [0, 0.1) is 0 Å². The van der Waals surface area contributed by atoms with Crippen LogP contribution in [0.4, 0.5) is 0 Å². The number of nitrogens with one attached hydrogen (secondary N) is 2. The third-order valence-electron chi connectivity index (χ3n) is 3.81. The molecule has 2 atom stereocenters. The molecule has 0 saturated heterocycles. The molecule has 0 saturated carbocycles. The molecule has 0 fully saturated rings. The minimum atomic E-state index is 0.0458. The Labute approximate surface area is 141 Å². The van der Waals surface area contributed by atoms with Gasteiger partial charge in [0, 0.05) is 12.6 Å². The van der Waals surface area contributed by atoms with Crippen molar-refractivity contribution in [3.05, 3.63) is 30.1 Å². The maximum atomic E-state index is 12.1. The fraction of sp³-hybridized carbons (Fsp3) is 0.529. The summed E-state index contributed by atoms with van der Waals surface area (Å²) >= 11 is 1.58. The third kappa shape index (κ3) is 5.25. The van der Waals surface area contributed by atoms with Gasteiger partial charge in [0.25, 0.3) is 0 Å². The molecule has 126 valence electrons. The molecule has 0 radical (unpaired) electrons. The van der Waals surface area contributed by atoms with Gasteiger partial charge in [0.05, 0.1) is 22.0 Å². The Hall–Kier alpha value is -1.53. The van der Waals surface area contributed by atoms with E-state index in [0.717, 1.165) is 36.1 Å². The molecule has 0 bridgehead atoms. The van der Waals surface area contributed by atoms with Gasteiger partial charge in [0.2, 0.25) is 5.91 Å². The van der Waals surface area contributed by atoms with Crippen molar-refractivity contribution < 1.29 is 4.79 Å². The number of hydrogen-bond acceptors (Lipinski definition) is 4. The summed E-state index contributed by atoms with van der Waals surface area (Å²) in [6.45, 7) is 4.70. The highest BCUT2D eigenvalue weighted by Crippen LogP contribution is 2.27. The number of amides is 1. The Bertz CT molecular complexity index is 595. The lowest BCUT2D eigenvalue weighted by atomic mass is 10.1. The molecule has 6 heteroatoms. The van der Waals surface area contributed by atoms with Gasteiger partial charge in [-0.1, -0.05) is 31.9 Å². The number of nitrogens with two attached hydrogens (primary N) is 1. The maximum absolute atomic E-state index is 12.1. The summed E-state index contributed by atoms with van der Waals surface area (Å²) in [5, 5.41) is 3.16. The summed E-state index contributed by atoms with van der Waals surface area (Å²) in [4.78, 5) is 20.0. The molecule has 1 amide bonds. The van der Waals surface area contributed by atoms with Crippen molar-refractivity contribution in [3.8, 4) is 0 Å². The molecule has 1 aromatic carbocycles. The number of benzene rings is 1. The van der Waals surface area contributed by atoms with Crippen molar-refractivity contribution in [2.24, 2.45) is 5.73 Å². The van der Waals surface area contributed by atoms with Crippen LogP contribution in [0.2, 0.25) is 0 Å². The highest BCUT2D eigenvalue weighted by molar-refractivity contribution is 8.00. The van der Waals surface area contributed by atoms with Crippen molar-refractivity contribution in [1.29, 1.82) is 0 Å². The highest BCUT2D eigenvalue weighted by Gasteiger charge is 2.15. The first-order chi connectivity index (χ1) is 11.1. The van der Waals surface area contributed by atoms with Crippen LogP contribution in [-0.2, 0) is 4.79 Å². The number of hydrogen-bond donors (Lipinski definition) is 3. The molecule has 5 nitrogen and oxygen atoms in total. The van der Waals surface area contributed by atoms with E-state index in [1.807, 2.05) is 24.3 Å². The quantitative estimate of drug-likeness (QED) is 0.658. The number of fused-ring (bicyclic) bond motifs is 1. The number of carbonyl (C=O) groups excluding carboxylic acids is 1. The first kappa shape index (κ1) is 17.8. The van der Waals surface area contributed by atoms with E-state index in [2.05, 4.69) is 29.1 Å². The van der Waals surface area contributed by atoms with Crippen LogP contribution in [0.5, 0.6) is 0 Å². The monoisotopic (exact) mass is 334 g/mol. The summed E-state index contributed by atoms with van der Waals surface area (Å²) in [5.74, 6) is 1.37. The largest absolute Gasteiger partial charge is 0.351 e. The maximum Gasteiger partial charge on any atom is 0.230 e. The van der Waals surface area contributed by atoms with Crippen LogP contribution in [0.1, 0.15) is 44.2 Å². The Morgan fingerprint density at radius 2 is 2.22 bits per heavy atom. The van der Waals surface area contributed by atoms with Gasteiger partial charge in [-0.15, -0.1) is 11.8 Å². The standard InChI is InChI=1S/C17H26N4OS/c1-3-4-7-13(10-18)19-16(22)11-23-12(2)17-20-14-8-5-6-9-15(14)21-17/h5-6,8-9,12-13H,3-4,7,10-11,18H2,1-2H3,(H,19,22)(H,20,21). The second kappa shape index (κ2) is 8.93. The molecular formula is C17H26N4OS. The number of nitrogens with zero attached hydrogens (tertiary/aromatic N) is 1. The van der Waals surface area contributed by atoms with Gasteiger partial charge in [-0.3, -0.25) is 4.79 Å².